The summed E-state index contributed by atoms with van der Waals surface area (Å²) < 4.78 is 1.71. The first-order valence-corrected chi connectivity index (χ1v) is 6.54. The van der Waals surface area contributed by atoms with E-state index in [2.05, 4.69) is 5.10 Å². The van der Waals surface area contributed by atoms with Crippen LogP contribution >= 0.6 is 0 Å². The molecule has 1 atom stereocenters. The van der Waals surface area contributed by atoms with Crippen molar-refractivity contribution in [3.8, 4) is 0 Å². The monoisotopic (exact) mass is 265 g/mol. The van der Waals surface area contributed by atoms with Crippen LogP contribution in [-0.2, 0) is 23.1 Å². The zero-order valence-corrected chi connectivity index (χ0v) is 11.1. The molecule has 0 aliphatic carbocycles. The Morgan fingerprint density at radius 2 is 2.32 bits per heavy atom. The van der Waals surface area contributed by atoms with Crippen molar-refractivity contribution in [1.82, 2.24) is 14.7 Å². The highest BCUT2D eigenvalue weighted by molar-refractivity contribution is 5.78. The van der Waals surface area contributed by atoms with Crippen molar-refractivity contribution >= 4 is 11.9 Å². The third kappa shape index (κ3) is 3.56. The van der Waals surface area contributed by atoms with Crippen molar-refractivity contribution in [2.24, 2.45) is 13.0 Å². The molecule has 0 saturated carbocycles. The SMILES string of the molecule is Cn1cc(CCC(=O)N2CCC[C@@H](C(=O)O)C2)cn1. The Morgan fingerprint density at radius 1 is 1.53 bits per heavy atom. The fourth-order valence-corrected chi connectivity index (χ4v) is 2.42. The number of piperidine rings is 1. The van der Waals surface area contributed by atoms with E-state index in [1.165, 1.54) is 0 Å². The quantitative estimate of drug-likeness (QED) is 0.868. The Balaban J connectivity index is 1.84. The van der Waals surface area contributed by atoms with Gasteiger partial charge in [-0.15, -0.1) is 0 Å². The fourth-order valence-electron chi connectivity index (χ4n) is 2.42. The van der Waals surface area contributed by atoms with Crippen LogP contribution in [-0.4, -0.2) is 44.8 Å². The summed E-state index contributed by atoms with van der Waals surface area (Å²) in [7, 11) is 1.84. The molecular formula is C13H19N3O3. The number of hydrogen-bond donors (Lipinski definition) is 1. The molecule has 1 amide bonds. The average molecular weight is 265 g/mol. The second-order valence-electron chi connectivity index (χ2n) is 5.04. The van der Waals surface area contributed by atoms with Crippen LogP contribution in [0, 0.1) is 5.92 Å². The van der Waals surface area contributed by atoms with Gasteiger partial charge in [-0.1, -0.05) is 0 Å². The number of likely N-dealkylation sites (tertiary alicyclic amines) is 1. The molecule has 1 aromatic rings. The van der Waals surface area contributed by atoms with E-state index in [1.807, 2.05) is 13.2 Å². The minimum atomic E-state index is -0.801. The zero-order valence-electron chi connectivity index (χ0n) is 11.1. The molecule has 1 fully saturated rings. The molecule has 2 rings (SSSR count). The van der Waals surface area contributed by atoms with E-state index in [0.29, 0.717) is 32.4 Å². The normalized spacial score (nSPS) is 19.4. The molecule has 104 valence electrons. The van der Waals surface area contributed by atoms with Crippen LogP contribution in [0.25, 0.3) is 0 Å². The van der Waals surface area contributed by atoms with Crippen molar-refractivity contribution in [3.63, 3.8) is 0 Å². The van der Waals surface area contributed by atoms with Gasteiger partial charge in [0.25, 0.3) is 0 Å². The van der Waals surface area contributed by atoms with Crippen molar-refractivity contribution in [1.29, 1.82) is 0 Å². The van der Waals surface area contributed by atoms with E-state index < -0.39 is 11.9 Å². The molecular weight excluding hydrogens is 246 g/mol. The summed E-state index contributed by atoms with van der Waals surface area (Å²) in [6.07, 6.45) is 6.16. The van der Waals surface area contributed by atoms with Crippen LogP contribution < -0.4 is 0 Å². The molecule has 19 heavy (non-hydrogen) atoms. The number of aromatic nitrogens is 2. The van der Waals surface area contributed by atoms with Crippen LogP contribution in [0.3, 0.4) is 0 Å². The van der Waals surface area contributed by atoms with Gasteiger partial charge in [0.15, 0.2) is 0 Å². The first kappa shape index (κ1) is 13.6. The lowest BCUT2D eigenvalue weighted by Gasteiger charge is -2.30. The fraction of sp³-hybridized carbons (Fsp3) is 0.615. The molecule has 0 bridgehead atoms. The molecule has 1 N–H and O–H groups in total. The van der Waals surface area contributed by atoms with E-state index in [1.54, 1.807) is 15.8 Å². The third-order valence-electron chi connectivity index (χ3n) is 3.51. The molecule has 1 saturated heterocycles. The maximum absolute atomic E-state index is 12.1. The van der Waals surface area contributed by atoms with Gasteiger partial charge in [-0.3, -0.25) is 14.3 Å². The number of nitrogens with zero attached hydrogens (tertiary/aromatic N) is 3. The maximum Gasteiger partial charge on any atom is 0.308 e. The second-order valence-corrected chi connectivity index (χ2v) is 5.04. The van der Waals surface area contributed by atoms with E-state index in [-0.39, 0.29) is 5.91 Å². The maximum atomic E-state index is 12.1. The Kier molecular flexibility index (Phi) is 4.19. The smallest absolute Gasteiger partial charge is 0.308 e. The number of amides is 1. The number of rotatable bonds is 4. The molecule has 0 radical (unpaired) electrons. The number of aryl methyl sites for hydroxylation is 2. The van der Waals surface area contributed by atoms with Crippen LogP contribution in [0.2, 0.25) is 0 Å². The lowest BCUT2D eigenvalue weighted by atomic mass is 9.98. The van der Waals surface area contributed by atoms with E-state index in [4.69, 9.17) is 5.11 Å². The average Bonchev–Trinajstić information content (AvgIpc) is 2.82. The zero-order chi connectivity index (χ0) is 13.8. The summed E-state index contributed by atoms with van der Waals surface area (Å²) in [5, 5.41) is 13.1. The predicted molar refractivity (Wildman–Crippen MR) is 68.5 cm³/mol. The van der Waals surface area contributed by atoms with E-state index in [9.17, 15) is 9.59 Å². The summed E-state index contributed by atoms with van der Waals surface area (Å²) in [6, 6.07) is 0. The lowest BCUT2D eigenvalue weighted by Crippen LogP contribution is -2.42. The van der Waals surface area contributed by atoms with Crippen LogP contribution in [0.1, 0.15) is 24.8 Å². The van der Waals surface area contributed by atoms with Gasteiger partial charge in [-0.25, -0.2) is 0 Å². The number of carboxylic acids is 1. The van der Waals surface area contributed by atoms with Crippen LogP contribution in [0.15, 0.2) is 12.4 Å². The van der Waals surface area contributed by atoms with Gasteiger partial charge in [0.05, 0.1) is 12.1 Å². The Morgan fingerprint density at radius 3 is 2.95 bits per heavy atom. The summed E-state index contributed by atoms with van der Waals surface area (Å²) in [6.45, 7) is 1.02. The van der Waals surface area contributed by atoms with Gasteiger partial charge < -0.3 is 10.0 Å². The molecule has 0 aromatic carbocycles. The largest absolute Gasteiger partial charge is 0.481 e. The first-order valence-electron chi connectivity index (χ1n) is 6.54. The summed E-state index contributed by atoms with van der Waals surface area (Å²) in [5.74, 6) is -1.17. The summed E-state index contributed by atoms with van der Waals surface area (Å²) in [4.78, 5) is 24.7. The van der Waals surface area contributed by atoms with Gasteiger partial charge >= 0.3 is 5.97 Å². The predicted octanol–water partition coefficient (Wildman–Crippen LogP) is 0.676. The minimum Gasteiger partial charge on any atom is -0.481 e. The number of carboxylic acid groups (broad SMARTS) is 1. The van der Waals surface area contributed by atoms with Crippen LogP contribution in [0.5, 0.6) is 0 Å². The highest BCUT2D eigenvalue weighted by Gasteiger charge is 2.27. The standard InChI is InChI=1S/C13H19N3O3/c1-15-8-10(7-14-15)4-5-12(17)16-6-2-3-11(9-16)13(18)19/h7-8,11H,2-6,9H2,1H3,(H,18,19)/t11-/m1/s1. The highest BCUT2D eigenvalue weighted by Crippen LogP contribution is 2.17. The molecule has 1 aromatic heterocycles. The third-order valence-corrected chi connectivity index (χ3v) is 3.51. The lowest BCUT2D eigenvalue weighted by molar-refractivity contribution is -0.145. The van der Waals surface area contributed by atoms with E-state index >= 15 is 0 Å². The van der Waals surface area contributed by atoms with Crippen molar-refractivity contribution < 1.29 is 14.7 Å². The number of aliphatic carboxylic acids is 1. The first-order chi connectivity index (χ1) is 9.06. The van der Waals surface area contributed by atoms with Gasteiger partial charge in [0.2, 0.25) is 5.91 Å². The molecule has 1 aliphatic rings. The molecule has 0 spiro atoms. The van der Waals surface area contributed by atoms with Crippen molar-refractivity contribution in [2.45, 2.75) is 25.7 Å². The molecule has 2 heterocycles. The van der Waals surface area contributed by atoms with Gasteiger partial charge in [0, 0.05) is 32.8 Å². The van der Waals surface area contributed by atoms with Gasteiger partial charge in [-0.2, -0.15) is 5.10 Å². The highest BCUT2D eigenvalue weighted by atomic mass is 16.4. The number of carbonyl (C=O) groups excluding carboxylic acids is 1. The Hall–Kier alpha value is -1.85. The Labute approximate surface area is 112 Å². The molecule has 6 nitrogen and oxygen atoms in total. The summed E-state index contributed by atoms with van der Waals surface area (Å²) in [5.41, 5.74) is 1.03. The molecule has 6 heteroatoms. The topological polar surface area (TPSA) is 75.4 Å². The van der Waals surface area contributed by atoms with E-state index in [0.717, 1.165) is 12.0 Å². The Bertz CT molecular complexity index is 469. The number of carbonyl (C=O) groups is 2. The minimum absolute atomic E-state index is 0.0369. The molecule has 1 aliphatic heterocycles. The molecule has 0 unspecified atom stereocenters. The summed E-state index contributed by atoms with van der Waals surface area (Å²) >= 11 is 0. The number of hydrogen-bond acceptors (Lipinski definition) is 3. The van der Waals surface area contributed by atoms with Crippen molar-refractivity contribution in [3.05, 3.63) is 18.0 Å². The van der Waals surface area contributed by atoms with Gasteiger partial charge in [0.1, 0.15) is 0 Å². The van der Waals surface area contributed by atoms with Crippen LogP contribution in [0.4, 0.5) is 0 Å². The van der Waals surface area contributed by atoms with Crippen molar-refractivity contribution in [2.75, 3.05) is 13.1 Å². The second kappa shape index (κ2) is 5.86. The van der Waals surface area contributed by atoms with Gasteiger partial charge in [-0.05, 0) is 24.8 Å².